The maximum Gasteiger partial charge on any atom is 0.0589 e. The molecule has 1 aliphatic rings. The number of hydrogen-bond acceptors (Lipinski definition) is 3. The van der Waals surface area contributed by atoms with Crippen molar-refractivity contribution in [3.05, 3.63) is 0 Å². The van der Waals surface area contributed by atoms with E-state index in [1.165, 1.54) is 12.8 Å². The quantitative estimate of drug-likeness (QED) is 0.668. The van der Waals surface area contributed by atoms with Gasteiger partial charge in [-0.1, -0.05) is 13.8 Å². The van der Waals surface area contributed by atoms with Crippen LogP contribution in [0, 0.1) is 5.92 Å². The van der Waals surface area contributed by atoms with Gasteiger partial charge >= 0.3 is 0 Å². The zero-order valence-electron chi connectivity index (χ0n) is 9.70. The molecule has 0 spiro atoms. The van der Waals surface area contributed by atoms with Crippen LogP contribution in [0.4, 0.5) is 0 Å². The average molecular weight is 200 g/mol. The Kier molecular flexibility index (Phi) is 4.85. The van der Waals surface area contributed by atoms with Crippen molar-refractivity contribution >= 4 is 0 Å². The SMILES string of the molecule is COCCN(CC(N)C(C)C)C1CC1. The summed E-state index contributed by atoms with van der Waals surface area (Å²) in [6.07, 6.45) is 2.68. The van der Waals surface area contributed by atoms with Gasteiger partial charge in [-0.3, -0.25) is 4.90 Å². The smallest absolute Gasteiger partial charge is 0.0589 e. The van der Waals surface area contributed by atoms with Crippen LogP contribution in [0.1, 0.15) is 26.7 Å². The van der Waals surface area contributed by atoms with E-state index in [2.05, 4.69) is 18.7 Å². The van der Waals surface area contributed by atoms with Gasteiger partial charge in [-0.25, -0.2) is 0 Å². The second-order valence-corrected chi connectivity index (χ2v) is 4.63. The van der Waals surface area contributed by atoms with Gasteiger partial charge in [-0.05, 0) is 18.8 Å². The molecule has 0 saturated heterocycles. The molecule has 1 saturated carbocycles. The molecule has 0 aromatic rings. The molecule has 1 rings (SSSR count). The molecule has 1 fully saturated rings. The van der Waals surface area contributed by atoms with Crippen LogP contribution in [0.5, 0.6) is 0 Å². The first-order valence-electron chi connectivity index (χ1n) is 5.63. The maximum atomic E-state index is 6.07. The summed E-state index contributed by atoms with van der Waals surface area (Å²) in [4.78, 5) is 2.48. The summed E-state index contributed by atoms with van der Waals surface area (Å²) in [5, 5.41) is 0. The normalized spacial score (nSPS) is 19.3. The Bertz CT molecular complexity index is 157. The van der Waals surface area contributed by atoms with Crippen molar-refractivity contribution in [2.24, 2.45) is 11.7 Å². The second-order valence-electron chi connectivity index (χ2n) is 4.63. The largest absolute Gasteiger partial charge is 0.383 e. The number of rotatable bonds is 7. The summed E-state index contributed by atoms with van der Waals surface area (Å²) < 4.78 is 5.11. The third-order valence-electron chi connectivity index (χ3n) is 2.95. The van der Waals surface area contributed by atoms with Crippen LogP contribution in [0.15, 0.2) is 0 Å². The summed E-state index contributed by atoms with van der Waals surface area (Å²) in [6.45, 7) is 7.24. The molecule has 3 heteroatoms. The molecule has 0 aliphatic heterocycles. The molecule has 0 aromatic heterocycles. The van der Waals surface area contributed by atoms with Gasteiger partial charge in [0, 0.05) is 32.3 Å². The van der Waals surface area contributed by atoms with E-state index in [0.717, 1.165) is 25.7 Å². The van der Waals surface area contributed by atoms with Gasteiger partial charge in [-0.15, -0.1) is 0 Å². The molecule has 14 heavy (non-hydrogen) atoms. The highest BCUT2D eigenvalue weighted by Gasteiger charge is 2.29. The molecule has 2 N–H and O–H groups in total. The average Bonchev–Trinajstić information content (AvgIpc) is 2.94. The fraction of sp³-hybridized carbons (Fsp3) is 1.00. The lowest BCUT2D eigenvalue weighted by Crippen LogP contribution is -2.43. The first-order chi connectivity index (χ1) is 6.65. The van der Waals surface area contributed by atoms with Crippen LogP contribution in [0.25, 0.3) is 0 Å². The van der Waals surface area contributed by atoms with Crippen molar-refractivity contribution in [1.82, 2.24) is 4.90 Å². The minimum absolute atomic E-state index is 0.299. The molecule has 0 amide bonds. The lowest BCUT2D eigenvalue weighted by molar-refractivity contribution is 0.135. The van der Waals surface area contributed by atoms with E-state index in [-0.39, 0.29) is 0 Å². The van der Waals surface area contributed by atoms with Gasteiger partial charge < -0.3 is 10.5 Å². The molecule has 1 aliphatic carbocycles. The van der Waals surface area contributed by atoms with Crippen molar-refractivity contribution in [2.45, 2.75) is 38.8 Å². The molecule has 0 radical (unpaired) electrons. The van der Waals surface area contributed by atoms with Gasteiger partial charge in [0.2, 0.25) is 0 Å². The van der Waals surface area contributed by atoms with Gasteiger partial charge in [0.25, 0.3) is 0 Å². The van der Waals surface area contributed by atoms with E-state index in [4.69, 9.17) is 10.5 Å². The highest BCUT2D eigenvalue weighted by molar-refractivity contribution is 4.86. The lowest BCUT2D eigenvalue weighted by atomic mass is 10.1. The van der Waals surface area contributed by atoms with Crippen LogP contribution < -0.4 is 5.73 Å². The van der Waals surface area contributed by atoms with Gasteiger partial charge in [-0.2, -0.15) is 0 Å². The zero-order chi connectivity index (χ0) is 10.6. The predicted octanol–water partition coefficient (Wildman–Crippen LogP) is 1.08. The highest BCUT2D eigenvalue weighted by atomic mass is 16.5. The Labute approximate surface area is 87.6 Å². The van der Waals surface area contributed by atoms with Crippen molar-refractivity contribution in [1.29, 1.82) is 0 Å². The van der Waals surface area contributed by atoms with E-state index in [0.29, 0.717) is 12.0 Å². The monoisotopic (exact) mass is 200 g/mol. The van der Waals surface area contributed by atoms with Crippen LogP contribution in [-0.2, 0) is 4.74 Å². The molecule has 0 aromatic carbocycles. The van der Waals surface area contributed by atoms with Crippen molar-refractivity contribution in [3.63, 3.8) is 0 Å². The van der Waals surface area contributed by atoms with Gasteiger partial charge in [0.05, 0.1) is 6.61 Å². The minimum atomic E-state index is 0.299. The van der Waals surface area contributed by atoms with Crippen molar-refractivity contribution < 1.29 is 4.74 Å². The van der Waals surface area contributed by atoms with E-state index in [1.807, 2.05) is 0 Å². The third-order valence-corrected chi connectivity index (χ3v) is 2.95. The topological polar surface area (TPSA) is 38.5 Å². The van der Waals surface area contributed by atoms with Crippen molar-refractivity contribution in [2.75, 3.05) is 26.8 Å². The number of ether oxygens (including phenoxy) is 1. The third kappa shape index (κ3) is 3.95. The lowest BCUT2D eigenvalue weighted by Gasteiger charge is -2.27. The number of hydrogen-bond donors (Lipinski definition) is 1. The molecule has 84 valence electrons. The Hall–Kier alpha value is -0.120. The summed E-state index contributed by atoms with van der Waals surface area (Å²) in [6, 6.07) is 1.09. The van der Waals surface area contributed by atoms with E-state index in [1.54, 1.807) is 7.11 Å². The molecular formula is C11H24N2O. The first-order valence-corrected chi connectivity index (χ1v) is 5.63. The Balaban J connectivity index is 2.27. The highest BCUT2D eigenvalue weighted by Crippen LogP contribution is 2.26. The van der Waals surface area contributed by atoms with E-state index >= 15 is 0 Å². The molecule has 0 bridgehead atoms. The predicted molar refractivity (Wildman–Crippen MR) is 59.3 cm³/mol. The summed E-state index contributed by atoms with van der Waals surface area (Å²) in [7, 11) is 1.76. The van der Waals surface area contributed by atoms with Crippen LogP contribution in [-0.4, -0.2) is 43.8 Å². The van der Waals surface area contributed by atoms with Crippen LogP contribution >= 0.6 is 0 Å². The molecule has 3 nitrogen and oxygen atoms in total. The Morgan fingerprint density at radius 1 is 1.43 bits per heavy atom. The van der Waals surface area contributed by atoms with E-state index < -0.39 is 0 Å². The van der Waals surface area contributed by atoms with Crippen LogP contribution in [0.3, 0.4) is 0 Å². The Morgan fingerprint density at radius 3 is 2.50 bits per heavy atom. The fourth-order valence-corrected chi connectivity index (χ4v) is 1.55. The van der Waals surface area contributed by atoms with Crippen LogP contribution in [0.2, 0.25) is 0 Å². The van der Waals surface area contributed by atoms with Gasteiger partial charge in [0.1, 0.15) is 0 Å². The standard InChI is InChI=1S/C11H24N2O/c1-9(2)11(12)8-13(6-7-14-3)10-4-5-10/h9-11H,4-8,12H2,1-3H3. The van der Waals surface area contributed by atoms with E-state index in [9.17, 15) is 0 Å². The second kappa shape index (κ2) is 5.69. The number of methoxy groups -OCH3 is 1. The molecular weight excluding hydrogens is 176 g/mol. The molecule has 1 unspecified atom stereocenters. The summed E-state index contributed by atoms with van der Waals surface area (Å²) >= 11 is 0. The Morgan fingerprint density at radius 2 is 2.07 bits per heavy atom. The fourth-order valence-electron chi connectivity index (χ4n) is 1.55. The summed E-state index contributed by atoms with van der Waals surface area (Å²) in [5.74, 6) is 0.568. The summed E-state index contributed by atoms with van der Waals surface area (Å²) in [5.41, 5.74) is 6.07. The van der Waals surface area contributed by atoms with Crippen molar-refractivity contribution in [3.8, 4) is 0 Å². The maximum absolute atomic E-state index is 6.07. The number of nitrogens with two attached hydrogens (primary N) is 1. The zero-order valence-corrected chi connectivity index (χ0v) is 9.70. The minimum Gasteiger partial charge on any atom is -0.383 e. The first kappa shape index (κ1) is 12.0. The number of nitrogens with zero attached hydrogens (tertiary/aromatic N) is 1. The van der Waals surface area contributed by atoms with Gasteiger partial charge in [0.15, 0.2) is 0 Å². The molecule has 0 heterocycles. The molecule has 1 atom stereocenters.